The number of hydrogen-bond donors (Lipinski definition) is 2. The van der Waals surface area contributed by atoms with Gasteiger partial charge in [0.1, 0.15) is 5.01 Å². The molecule has 8 heteroatoms. The second-order valence-corrected chi connectivity index (χ2v) is 8.14. The van der Waals surface area contributed by atoms with Crippen LogP contribution in [0.25, 0.3) is 0 Å². The van der Waals surface area contributed by atoms with Crippen LogP contribution >= 0.6 is 36.2 Å². The molecule has 0 bridgehead atoms. The Labute approximate surface area is 193 Å². The van der Waals surface area contributed by atoms with Crippen LogP contribution in [0.3, 0.4) is 0 Å². The number of carbonyl (C=O) groups is 1. The lowest BCUT2D eigenvalue weighted by atomic mass is 9.95. The van der Waals surface area contributed by atoms with Gasteiger partial charge in [0, 0.05) is 42.7 Å². The van der Waals surface area contributed by atoms with Crippen LogP contribution in [-0.2, 0) is 17.8 Å². The average Bonchev–Trinajstić information content (AvgIpc) is 3.29. The molecule has 1 aliphatic heterocycles. The maximum Gasteiger partial charge on any atom is 0.231 e. The molecule has 1 aliphatic rings. The molecule has 0 saturated carbocycles. The van der Waals surface area contributed by atoms with Gasteiger partial charge in [0.25, 0.3) is 0 Å². The highest BCUT2D eigenvalue weighted by molar-refractivity contribution is 7.09. The Morgan fingerprint density at radius 3 is 2.43 bits per heavy atom. The second kappa shape index (κ2) is 11.4. The van der Waals surface area contributed by atoms with Crippen molar-refractivity contribution in [2.24, 2.45) is 5.73 Å². The molecule has 1 aromatic heterocycles. The van der Waals surface area contributed by atoms with Crippen LogP contribution in [-0.4, -0.2) is 34.9 Å². The number of anilines is 1. The second-order valence-electron chi connectivity index (χ2n) is 7.20. The van der Waals surface area contributed by atoms with E-state index in [2.05, 4.69) is 39.5 Å². The van der Waals surface area contributed by atoms with Crippen molar-refractivity contribution in [3.63, 3.8) is 0 Å². The zero-order valence-electron chi connectivity index (χ0n) is 16.4. The maximum atomic E-state index is 12.2. The van der Waals surface area contributed by atoms with Crippen molar-refractivity contribution in [2.45, 2.75) is 24.9 Å². The van der Waals surface area contributed by atoms with Crippen LogP contribution in [0.1, 0.15) is 22.2 Å². The minimum atomic E-state index is -0.0422. The van der Waals surface area contributed by atoms with Crippen molar-refractivity contribution in [3.8, 4) is 0 Å². The first-order valence-corrected chi connectivity index (χ1v) is 10.4. The van der Waals surface area contributed by atoms with Crippen molar-refractivity contribution in [3.05, 3.63) is 82.3 Å². The van der Waals surface area contributed by atoms with E-state index in [4.69, 9.17) is 5.73 Å². The molecule has 2 atom stereocenters. The Hall–Kier alpha value is -1.96. The lowest BCUT2D eigenvalue weighted by Gasteiger charge is -2.15. The first-order valence-electron chi connectivity index (χ1n) is 9.48. The molecule has 0 unspecified atom stereocenters. The van der Waals surface area contributed by atoms with E-state index in [1.165, 1.54) is 16.9 Å². The molecule has 2 aromatic carbocycles. The Morgan fingerprint density at radius 2 is 1.73 bits per heavy atom. The van der Waals surface area contributed by atoms with E-state index < -0.39 is 0 Å². The summed E-state index contributed by atoms with van der Waals surface area (Å²) < 4.78 is 0. The molecule has 1 amide bonds. The number of rotatable bonds is 6. The van der Waals surface area contributed by atoms with Crippen molar-refractivity contribution in [2.75, 3.05) is 18.4 Å². The van der Waals surface area contributed by atoms with Crippen LogP contribution in [0, 0.1) is 0 Å². The van der Waals surface area contributed by atoms with Gasteiger partial charge in [-0.3, -0.25) is 9.69 Å². The zero-order chi connectivity index (χ0) is 19.3. The molecule has 30 heavy (non-hydrogen) atoms. The third-order valence-electron chi connectivity index (χ3n) is 5.02. The standard InChI is InChI=1S/C22H24N4OS.2ClH/c23-20-14-26(13-19(20)16-7-3-1-4-8-16)12-18-15-28-22(25-18)11-21(27)24-17-9-5-2-6-10-17;;/h1-10,15,19-20H,11-14,23H2,(H,24,27);2*1H/t19-,20+;;/m0../s1. The van der Waals surface area contributed by atoms with E-state index in [0.29, 0.717) is 12.3 Å². The summed E-state index contributed by atoms with van der Waals surface area (Å²) in [4.78, 5) is 19.2. The number of thiazole rings is 1. The zero-order valence-corrected chi connectivity index (χ0v) is 18.9. The van der Waals surface area contributed by atoms with Gasteiger partial charge in [0.05, 0.1) is 12.1 Å². The minimum Gasteiger partial charge on any atom is -0.326 e. The van der Waals surface area contributed by atoms with Gasteiger partial charge in [0.15, 0.2) is 0 Å². The first kappa shape index (κ1) is 24.3. The molecule has 3 aromatic rings. The van der Waals surface area contributed by atoms with Gasteiger partial charge in [0.2, 0.25) is 5.91 Å². The molecule has 1 saturated heterocycles. The first-order chi connectivity index (χ1) is 13.7. The lowest BCUT2D eigenvalue weighted by Crippen LogP contribution is -2.28. The average molecular weight is 465 g/mol. The smallest absolute Gasteiger partial charge is 0.231 e. The van der Waals surface area contributed by atoms with E-state index in [1.807, 2.05) is 41.8 Å². The molecule has 4 rings (SSSR count). The van der Waals surface area contributed by atoms with E-state index in [-0.39, 0.29) is 36.8 Å². The number of halogens is 2. The predicted octanol–water partition coefficient (Wildman–Crippen LogP) is 4.09. The summed E-state index contributed by atoms with van der Waals surface area (Å²) in [6.07, 6.45) is 0.297. The summed E-state index contributed by atoms with van der Waals surface area (Å²) in [5.41, 5.74) is 9.50. The topological polar surface area (TPSA) is 71.2 Å². The fraction of sp³-hybridized carbons (Fsp3) is 0.273. The van der Waals surface area contributed by atoms with Crippen molar-refractivity contribution < 1.29 is 4.79 Å². The van der Waals surface area contributed by atoms with Crippen LogP contribution < -0.4 is 11.1 Å². The van der Waals surface area contributed by atoms with Gasteiger partial charge in [-0.25, -0.2) is 4.98 Å². The van der Waals surface area contributed by atoms with E-state index in [1.54, 1.807) is 0 Å². The molecule has 1 fully saturated rings. The molecule has 160 valence electrons. The molecule has 0 radical (unpaired) electrons. The molecule has 0 spiro atoms. The van der Waals surface area contributed by atoms with Gasteiger partial charge >= 0.3 is 0 Å². The van der Waals surface area contributed by atoms with Crippen molar-refractivity contribution in [1.29, 1.82) is 0 Å². The summed E-state index contributed by atoms with van der Waals surface area (Å²) in [7, 11) is 0. The molecular formula is C22H26Cl2N4OS. The number of nitrogens with one attached hydrogen (secondary N) is 1. The van der Waals surface area contributed by atoms with Crippen LogP contribution in [0.2, 0.25) is 0 Å². The van der Waals surface area contributed by atoms with Crippen LogP contribution in [0.15, 0.2) is 66.0 Å². The molecule has 2 heterocycles. The highest BCUT2D eigenvalue weighted by Gasteiger charge is 2.31. The fourth-order valence-electron chi connectivity index (χ4n) is 3.69. The van der Waals surface area contributed by atoms with E-state index >= 15 is 0 Å². The van der Waals surface area contributed by atoms with E-state index in [0.717, 1.165) is 36.0 Å². The molecular weight excluding hydrogens is 439 g/mol. The predicted molar refractivity (Wildman–Crippen MR) is 128 cm³/mol. The summed E-state index contributed by atoms with van der Waals surface area (Å²) in [5, 5.41) is 5.79. The van der Waals surface area contributed by atoms with Crippen molar-refractivity contribution in [1.82, 2.24) is 9.88 Å². The van der Waals surface area contributed by atoms with Gasteiger partial charge in [-0.2, -0.15) is 0 Å². The van der Waals surface area contributed by atoms with E-state index in [9.17, 15) is 4.79 Å². The molecule has 3 N–H and O–H groups in total. The van der Waals surface area contributed by atoms with Crippen LogP contribution in [0.5, 0.6) is 0 Å². The summed E-state index contributed by atoms with van der Waals surface area (Å²) in [6, 6.07) is 20.1. The minimum absolute atomic E-state index is 0. The third kappa shape index (κ3) is 6.27. The number of amides is 1. The monoisotopic (exact) mass is 464 g/mol. The van der Waals surface area contributed by atoms with Gasteiger partial charge in [-0.1, -0.05) is 48.5 Å². The van der Waals surface area contributed by atoms with Crippen LogP contribution in [0.4, 0.5) is 5.69 Å². The summed E-state index contributed by atoms with van der Waals surface area (Å²) in [5.74, 6) is 0.315. The Bertz CT molecular complexity index is 923. The third-order valence-corrected chi connectivity index (χ3v) is 5.92. The molecule has 5 nitrogen and oxygen atoms in total. The Kier molecular flexibility index (Phi) is 9.27. The highest BCUT2D eigenvalue weighted by atomic mass is 35.5. The number of para-hydroxylation sites is 1. The van der Waals surface area contributed by atoms with Gasteiger partial charge in [-0.05, 0) is 17.7 Å². The number of nitrogens with zero attached hydrogens (tertiary/aromatic N) is 2. The van der Waals surface area contributed by atoms with Gasteiger partial charge < -0.3 is 11.1 Å². The number of carbonyl (C=O) groups excluding carboxylic acids is 1. The quantitative estimate of drug-likeness (QED) is 0.575. The number of likely N-dealkylation sites (tertiary alicyclic amines) is 1. The number of nitrogens with two attached hydrogens (primary N) is 1. The number of benzene rings is 2. The lowest BCUT2D eigenvalue weighted by molar-refractivity contribution is -0.115. The Balaban J connectivity index is 0.00000160. The normalized spacial score (nSPS) is 18.3. The highest BCUT2D eigenvalue weighted by Crippen LogP contribution is 2.27. The Morgan fingerprint density at radius 1 is 1.07 bits per heavy atom. The van der Waals surface area contributed by atoms with Gasteiger partial charge in [-0.15, -0.1) is 36.2 Å². The fourth-order valence-corrected chi connectivity index (χ4v) is 4.47. The SMILES string of the molecule is Cl.Cl.N[C@@H]1CN(Cc2csc(CC(=O)Nc3ccccc3)n2)C[C@H]1c1ccccc1. The van der Waals surface area contributed by atoms with Crippen molar-refractivity contribution >= 4 is 47.7 Å². The summed E-state index contributed by atoms with van der Waals surface area (Å²) >= 11 is 1.54. The summed E-state index contributed by atoms with van der Waals surface area (Å²) in [6.45, 7) is 2.57. The largest absolute Gasteiger partial charge is 0.326 e. The number of hydrogen-bond acceptors (Lipinski definition) is 5. The molecule has 0 aliphatic carbocycles. The number of aromatic nitrogens is 1. The maximum absolute atomic E-state index is 12.2.